The van der Waals surface area contributed by atoms with Crippen LogP contribution in [0, 0.1) is 23.3 Å². The summed E-state index contributed by atoms with van der Waals surface area (Å²) < 4.78 is 56.7. The Bertz CT molecular complexity index is 1140. The van der Waals surface area contributed by atoms with Gasteiger partial charge in [0.15, 0.2) is 11.6 Å². The number of benzene rings is 3. The summed E-state index contributed by atoms with van der Waals surface area (Å²) in [6.45, 7) is 2.14. The van der Waals surface area contributed by atoms with Crippen LogP contribution in [0.25, 0.3) is 22.8 Å². The highest BCUT2D eigenvalue weighted by atomic mass is 19.2. The van der Waals surface area contributed by atoms with Gasteiger partial charge in [0.2, 0.25) is 0 Å². The van der Waals surface area contributed by atoms with Crippen molar-refractivity contribution in [1.82, 2.24) is 0 Å². The molecule has 0 aromatic heterocycles. The molecule has 0 fully saturated rings. The van der Waals surface area contributed by atoms with Gasteiger partial charge in [-0.3, -0.25) is 0 Å². The van der Waals surface area contributed by atoms with E-state index in [9.17, 15) is 13.2 Å². The molecule has 160 valence electrons. The van der Waals surface area contributed by atoms with Gasteiger partial charge in [-0.1, -0.05) is 56.2 Å². The minimum Gasteiger partial charge on any atom is -0.206 e. The summed E-state index contributed by atoms with van der Waals surface area (Å²) in [5.74, 6) is -2.66. The predicted molar refractivity (Wildman–Crippen MR) is 118 cm³/mol. The van der Waals surface area contributed by atoms with Gasteiger partial charge in [-0.25, -0.2) is 17.6 Å². The largest absolute Gasteiger partial charge is 0.206 e. The van der Waals surface area contributed by atoms with Gasteiger partial charge >= 0.3 is 0 Å². The highest BCUT2D eigenvalue weighted by Crippen LogP contribution is 2.36. The van der Waals surface area contributed by atoms with Crippen molar-refractivity contribution in [1.29, 1.82) is 0 Å². The van der Waals surface area contributed by atoms with E-state index in [1.165, 1.54) is 6.07 Å². The van der Waals surface area contributed by atoms with Gasteiger partial charge in [0.25, 0.3) is 0 Å². The second kappa shape index (κ2) is 9.09. The molecule has 0 radical (unpaired) electrons. The lowest BCUT2D eigenvalue weighted by Gasteiger charge is -2.20. The molecule has 0 unspecified atom stereocenters. The molecule has 0 aliphatic heterocycles. The van der Waals surface area contributed by atoms with Gasteiger partial charge < -0.3 is 0 Å². The zero-order valence-corrected chi connectivity index (χ0v) is 17.5. The first-order valence-corrected chi connectivity index (χ1v) is 10.7. The minimum atomic E-state index is -1.01. The molecule has 0 spiro atoms. The van der Waals surface area contributed by atoms with Crippen LogP contribution in [-0.4, -0.2) is 0 Å². The third-order valence-corrected chi connectivity index (χ3v) is 5.93. The fourth-order valence-corrected chi connectivity index (χ4v) is 4.20. The standard InChI is InChI=1S/C27H24F4/c1-2-3-4-5-17-6-10-21(25(29)14-17)18-7-11-22-19(15-18)8-12-23(27(22)31)20-9-13-24(28)26(30)16-20/h6,8-10,12-16H,2-5,7,11H2,1H3. The quantitative estimate of drug-likeness (QED) is 0.277. The molecule has 3 aromatic rings. The first-order chi connectivity index (χ1) is 15.0. The summed E-state index contributed by atoms with van der Waals surface area (Å²) in [5.41, 5.74) is 4.11. The van der Waals surface area contributed by atoms with Gasteiger partial charge in [0.05, 0.1) is 0 Å². The first kappa shape index (κ1) is 21.4. The van der Waals surface area contributed by atoms with Crippen LogP contribution in [0.1, 0.15) is 54.9 Å². The molecule has 4 heteroatoms. The predicted octanol–water partition coefficient (Wildman–Crippen LogP) is 8.13. The summed E-state index contributed by atoms with van der Waals surface area (Å²) in [6, 6.07) is 12.1. The Morgan fingerprint density at radius 1 is 0.742 bits per heavy atom. The van der Waals surface area contributed by atoms with Crippen LogP contribution in [-0.2, 0) is 12.8 Å². The van der Waals surface area contributed by atoms with Gasteiger partial charge in [0.1, 0.15) is 11.6 Å². The molecule has 0 heterocycles. The van der Waals surface area contributed by atoms with Crippen molar-refractivity contribution in [3.05, 3.63) is 94.1 Å². The van der Waals surface area contributed by atoms with Crippen molar-refractivity contribution in [3.63, 3.8) is 0 Å². The molecule has 0 atom stereocenters. The fourth-order valence-electron chi connectivity index (χ4n) is 4.20. The Labute approximate surface area is 180 Å². The SMILES string of the molecule is CCCCCc1ccc(C2=Cc3ccc(-c4ccc(F)c(F)c4)c(F)c3CC2)c(F)c1. The Hall–Kier alpha value is -2.88. The number of aryl methyl sites for hydroxylation is 1. The summed E-state index contributed by atoms with van der Waals surface area (Å²) in [6.07, 6.45) is 6.92. The number of unbranched alkanes of at least 4 members (excludes halogenated alkanes) is 2. The van der Waals surface area contributed by atoms with Gasteiger partial charge in [-0.05, 0) is 71.7 Å². The Morgan fingerprint density at radius 3 is 2.29 bits per heavy atom. The second-order valence-electron chi connectivity index (χ2n) is 8.06. The summed E-state index contributed by atoms with van der Waals surface area (Å²) >= 11 is 0. The summed E-state index contributed by atoms with van der Waals surface area (Å²) in [7, 11) is 0. The van der Waals surface area contributed by atoms with Crippen LogP contribution < -0.4 is 0 Å². The number of hydrogen-bond acceptors (Lipinski definition) is 0. The molecule has 31 heavy (non-hydrogen) atoms. The topological polar surface area (TPSA) is 0 Å². The van der Waals surface area contributed by atoms with E-state index in [1.807, 2.05) is 18.2 Å². The van der Waals surface area contributed by atoms with Crippen molar-refractivity contribution in [2.24, 2.45) is 0 Å². The van der Waals surface area contributed by atoms with E-state index >= 15 is 4.39 Å². The molecule has 0 saturated carbocycles. The van der Waals surface area contributed by atoms with Crippen LogP contribution in [0.2, 0.25) is 0 Å². The number of rotatable bonds is 6. The number of fused-ring (bicyclic) bond motifs is 1. The van der Waals surface area contributed by atoms with Crippen LogP contribution >= 0.6 is 0 Å². The maximum atomic E-state index is 15.2. The van der Waals surface area contributed by atoms with E-state index in [-0.39, 0.29) is 11.4 Å². The lowest BCUT2D eigenvalue weighted by atomic mass is 9.86. The molecule has 0 N–H and O–H groups in total. The highest BCUT2D eigenvalue weighted by molar-refractivity contribution is 5.85. The highest BCUT2D eigenvalue weighted by Gasteiger charge is 2.20. The van der Waals surface area contributed by atoms with E-state index in [0.29, 0.717) is 35.1 Å². The van der Waals surface area contributed by atoms with E-state index in [2.05, 4.69) is 6.92 Å². The minimum absolute atomic E-state index is 0.233. The summed E-state index contributed by atoms with van der Waals surface area (Å²) in [5, 5.41) is 0. The number of halogens is 4. The molecule has 1 aliphatic carbocycles. The monoisotopic (exact) mass is 424 g/mol. The van der Waals surface area contributed by atoms with Crippen molar-refractivity contribution in [3.8, 4) is 11.1 Å². The third kappa shape index (κ3) is 4.43. The Balaban J connectivity index is 1.63. The van der Waals surface area contributed by atoms with Crippen LogP contribution in [0.15, 0.2) is 48.5 Å². The number of hydrogen-bond donors (Lipinski definition) is 0. The van der Waals surface area contributed by atoms with Crippen LogP contribution in [0.4, 0.5) is 17.6 Å². The molecule has 1 aliphatic rings. The molecule has 3 aromatic carbocycles. The van der Waals surface area contributed by atoms with Gasteiger partial charge in [-0.15, -0.1) is 0 Å². The van der Waals surface area contributed by atoms with Crippen molar-refractivity contribution >= 4 is 11.6 Å². The van der Waals surface area contributed by atoms with Gasteiger partial charge in [-0.2, -0.15) is 0 Å². The van der Waals surface area contributed by atoms with Crippen LogP contribution in [0.3, 0.4) is 0 Å². The Morgan fingerprint density at radius 2 is 1.55 bits per heavy atom. The fraction of sp³-hybridized carbons (Fsp3) is 0.259. The number of allylic oxidation sites excluding steroid dienone is 1. The lowest BCUT2D eigenvalue weighted by molar-refractivity contribution is 0.509. The maximum absolute atomic E-state index is 15.2. The summed E-state index contributed by atoms with van der Waals surface area (Å²) in [4.78, 5) is 0. The third-order valence-electron chi connectivity index (χ3n) is 5.93. The molecule has 0 amide bonds. The Kier molecular flexibility index (Phi) is 6.26. The van der Waals surface area contributed by atoms with Crippen LogP contribution in [0.5, 0.6) is 0 Å². The van der Waals surface area contributed by atoms with E-state index < -0.39 is 17.5 Å². The maximum Gasteiger partial charge on any atom is 0.159 e. The molecule has 0 nitrogen and oxygen atoms in total. The molecule has 4 rings (SSSR count). The normalized spacial score (nSPS) is 13.1. The van der Waals surface area contributed by atoms with Crippen molar-refractivity contribution in [2.75, 3.05) is 0 Å². The van der Waals surface area contributed by atoms with E-state index in [1.54, 1.807) is 18.2 Å². The first-order valence-electron chi connectivity index (χ1n) is 10.7. The van der Waals surface area contributed by atoms with E-state index in [4.69, 9.17) is 0 Å². The smallest absolute Gasteiger partial charge is 0.159 e. The van der Waals surface area contributed by atoms with Crippen molar-refractivity contribution < 1.29 is 17.6 Å². The zero-order chi connectivity index (χ0) is 22.0. The molecular weight excluding hydrogens is 400 g/mol. The zero-order valence-electron chi connectivity index (χ0n) is 17.5. The molecule has 0 saturated heterocycles. The average molecular weight is 424 g/mol. The van der Waals surface area contributed by atoms with Gasteiger partial charge in [0, 0.05) is 11.1 Å². The second-order valence-corrected chi connectivity index (χ2v) is 8.06. The lowest BCUT2D eigenvalue weighted by Crippen LogP contribution is -2.05. The average Bonchev–Trinajstić information content (AvgIpc) is 2.76. The van der Waals surface area contributed by atoms with Crippen molar-refractivity contribution in [2.45, 2.75) is 45.4 Å². The molecule has 0 bridgehead atoms. The van der Waals surface area contributed by atoms with E-state index in [0.717, 1.165) is 49.0 Å². The molecular formula is C27H24F4.